The van der Waals surface area contributed by atoms with Crippen LogP contribution in [0.5, 0.6) is 0 Å². The van der Waals surface area contributed by atoms with E-state index in [2.05, 4.69) is 20.9 Å². The molecule has 1 N–H and O–H groups in total. The fourth-order valence-corrected chi connectivity index (χ4v) is 2.28. The van der Waals surface area contributed by atoms with E-state index < -0.39 is 0 Å². The second-order valence-electron chi connectivity index (χ2n) is 3.21. The molecule has 0 aliphatic heterocycles. The Morgan fingerprint density at radius 2 is 2.20 bits per heavy atom. The fourth-order valence-electron chi connectivity index (χ4n) is 1.36. The van der Waals surface area contributed by atoms with E-state index in [-0.39, 0.29) is 0 Å². The van der Waals surface area contributed by atoms with Crippen molar-refractivity contribution in [1.29, 1.82) is 0 Å². The number of nitrogens with zero attached hydrogens (tertiary/aromatic N) is 1. The normalized spacial score (nSPS) is 10.6. The van der Waals surface area contributed by atoms with Gasteiger partial charge in [-0.3, -0.25) is 4.57 Å². The molecule has 0 aliphatic rings. The van der Waals surface area contributed by atoms with Gasteiger partial charge in [-0.2, -0.15) is 0 Å². The van der Waals surface area contributed by atoms with Crippen molar-refractivity contribution < 1.29 is 0 Å². The van der Waals surface area contributed by atoms with E-state index in [0.29, 0.717) is 9.79 Å². The van der Waals surface area contributed by atoms with E-state index in [4.69, 9.17) is 23.8 Å². The zero-order chi connectivity index (χ0) is 11.0. The standard InChI is InChI=1S/C10H8BrClN2S/c1-6-5-14(10(15)13-6)9-4-7(12)2-3-8(9)11/h2-5H,1H3,(H,13,15). The third-order valence-corrected chi connectivity index (χ3v) is 3.22. The van der Waals surface area contributed by atoms with Crippen LogP contribution in [0.25, 0.3) is 5.69 Å². The molecule has 78 valence electrons. The summed E-state index contributed by atoms with van der Waals surface area (Å²) in [5.41, 5.74) is 1.96. The summed E-state index contributed by atoms with van der Waals surface area (Å²) < 4.78 is 3.51. The van der Waals surface area contributed by atoms with Crippen LogP contribution in [0.2, 0.25) is 5.02 Å². The Morgan fingerprint density at radius 3 is 2.80 bits per heavy atom. The van der Waals surface area contributed by atoms with Crippen LogP contribution in [0.4, 0.5) is 0 Å². The van der Waals surface area contributed by atoms with Crippen molar-refractivity contribution in [2.24, 2.45) is 0 Å². The Hall–Kier alpha value is -0.580. The number of H-pyrrole nitrogens is 1. The lowest BCUT2D eigenvalue weighted by atomic mass is 10.3. The molecule has 0 unspecified atom stereocenters. The minimum Gasteiger partial charge on any atom is -0.335 e. The molecule has 0 atom stereocenters. The molecule has 0 radical (unpaired) electrons. The van der Waals surface area contributed by atoms with Crippen molar-refractivity contribution in [1.82, 2.24) is 9.55 Å². The lowest BCUT2D eigenvalue weighted by molar-refractivity contribution is 1.02. The van der Waals surface area contributed by atoms with Crippen LogP contribution in [0, 0.1) is 11.7 Å². The average Bonchev–Trinajstić information content (AvgIpc) is 2.50. The van der Waals surface area contributed by atoms with Gasteiger partial charge in [-0.05, 0) is 53.3 Å². The monoisotopic (exact) mass is 302 g/mol. The highest BCUT2D eigenvalue weighted by Crippen LogP contribution is 2.25. The zero-order valence-electron chi connectivity index (χ0n) is 7.92. The van der Waals surface area contributed by atoms with Gasteiger partial charge in [0, 0.05) is 21.4 Å². The number of nitrogens with one attached hydrogen (secondary N) is 1. The first-order chi connectivity index (χ1) is 7.08. The van der Waals surface area contributed by atoms with Gasteiger partial charge in [-0.25, -0.2) is 0 Å². The molecule has 1 aromatic carbocycles. The lowest BCUT2D eigenvalue weighted by Crippen LogP contribution is -1.93. The first-order valence-electron chi connectivity index (χ1n) is 4.31. The van der Waals surface area contributed by atoms with Gasteiger partial charge >= 0.3 is 0 Å². The predicted octanol–water partition coefficient (Wildman–Crippen LogP) is 4.26. The summed E-state index contributed by atoms with van der Waals surface area (Å²) in [5.74, 6) is 0. The minimum absolute atomic E-state index is 0.662. The molecule has 1 heterocycles. The average molecular weight is 304 g/mol. The smallest absolute Gasteiger partial charge is 0.182 e. The number of aryl methyl sites for hydroxylation is 1. The van der Waals surface area contributed by atoms with Crippen LogP contribution < -0.4 is 0 Å². The van der Waals surface area contributed by atoms with Gasteiger partial charge in [0.25, 0.3) is 0 Å². The number of hydrogen-bond acceptors (Lipinski definition) is 1. The Morgan fingerprint density at radius 1 is 1.47 bits per heavy atom. The topological polar surface area (TPSA) is 20.7 Å². The number of hydrogen-bond donors (Lipinski definition) is 1. The summed E-state index contributed by atoms with van der Waals surface area (Å²) in [5, 5.41) is 0.689. The van der Waals surface area contributed by atoms with Crippen LogP contribution in [0.1, 0.15) is 5.69 Å². The van der Waals surface area contributed by atoms with Crippen LogP contribution in [-0.2, 0) is 0 Å². The molecule has 0 fully saturated rings. The van der Waals surface area contributed by atoms with Crippen molar-refractivity contribution in [2.75, 3.05) is 0 Å². The van der Waals surface area contributed by atoms with Gasteiger partial charge in [0.05, 0.1) is 5.69 Å². The van der Waals surface area contributed by atoms with Crippen molar-refractivity contribution >= 4 is 39.7 Å². The maximum absolute atomic E-state index is 5.95. The molecule has 0 saturated heterocycles. The summed E-state index contributed by atoms with van der Waals surface area (Å²) >= 11 is 14.6. The summed E-state index contributed by atoms with van der Waals surface area (Å²) in [7, 11) is 0. The number of benzene rings is 1. The molecule has 5 heteroatoms. The highest BCUT2D eigenvalue weighted by molar-refractivity contribution is 9.10. The first-order valence-corrected chi connectivity index (χ1v) is 5.89. The van der Waals surface area contributed by atoms with Gasteiger partial charge in [0.2, 0.25) is 0 Å². The van der Waals surface area contributed by atoms with Crippen molar-refractivity contribution in [2.45, 2.75) is 6.92 Å². The molecule has 0 bridgehead atoms. The summed E-state index contributed by atoms with van der Waals surface area (Å²) in [6.07, 6.45) is 1.94. The fraction of sp³-hybridized carbons (Fsp3) is 0.100. The largest absolute Gasteiger partial charge is 0.335 e. The SMILES string of the molecule is Cc1cn(-c2cc(Cl)ccc2Br)c(=S)[nH]1. The summed E-state index contributed by atoms with van der Waals surface area (Å²) in [6.45, 7) is 1.96. The number of rotatable bonds is 1. The van der Waals surface area contributed by atoms with Gasteiger partial charge < -0.3 is 4.98 Å². The summed E-state index contributed by atoms with van der Waals surface area (Å²) in [6, 6.07) is 5.61. The van der Waals surface area contributed by atoms with E-state index in [1.54, 1.807) is 0 Å². The van der Waals surface area contributed by atoms with Crippen molar-refractivity contribution in [3.8, 4) is 5.69 Å². The maximum Gasteiger partial charge on any atom is 0.182 e. The number of halogens is 2. The predicted molar refractivity (Wildman–Crippen MR) is 68.4 cm³/mol. The van der Waals surface area contributed by atoms with E-state index in [0.717, 1.165) is 15.9 Å². The molecular weight excluding hydrogens is 296 g/mol. The highest BCUT2D eigenvalue weighted by atomic mass is 79.9. The Bertz CT molecular complexity index is 559. The molecule has 1 aromatic heterocycles. The molecule has 2 aromatic rings. The van der Waals surface area contributed by atoms with E-state index in [1.807, 2.05) is 35.9 Å². The van der Waals surface area contributed by atoms with E-state index in [1.165, 1.54) is 0 Å². The molecule has 0 saturated carbocycles. The Kier molecular flexibility index (Phi) is 3.00. The minimum atomic E-state index is 0.662. The molecular formula is C10H8BrClN2S. The van der Waals surface area contributed by atoms with Crippen LogP contribution in [0.3, 0.4) is 0 Å². The molecule has 0 amide bonds. The zero-order valence-corrected chi connectivity index (χ0v) is 11.1. The highest BCUT2D eigenvalue weighted by Gasteiger charge is 2.05. The Labute approximate surface area is 106 Å². The molecule has 0 aliphatic carbocycles. The maximum atomic E-state index is 5.95. The third-order valence-electron chi connectivity index (χ3n) is 2.01. The van der Waals surface area contributed by atoms with Gasteiger partial charge in [0.15, 0.2) is 4.77 Å². The second kappa shape index (κ2) is 4.12. The molecule has 2 nitrogen and oxygen atoms in total. The van der Waals surface area contributed by atoms with E-state index >= 15 is 0 Å². The van der Waals surface area contributed by atoms with Crippen LogP contribution >= 0.6 is 39.7 Å². The van der Waals surface area contributed by atoms with Crippen LogP contribution in [-0.4, -0.2) is 9.55 Å². The molecule has 0 spiro atoms. The lowest BCUT2D eigenvalue weighted by Gasteiger charge is -2.05. The van der Waals surface area contributed by atoms with Crippen molar-refractivity contribution in [3.63, 3.8) is 0 Å². The summed E-state index contributed by atoms with van der Waals surface area (Å²) in [4.78, 5) is 3.07. The number of aromatic amines is 1. The van der Waals surface area contributed by atoms with Crippen molar-refractivity contribution in [3.05, 3.63) is 44.4 Å². The van der Waals surface area contributed by atoms with Gasteiger partial charge in [0.1, 0.15) is 0 Å². The van der Waals surface area contributed by atoms with Crippen LogP contribution in [0.15, 0.2) is 28.9 Å². The number of imidazole rings is 1. The van der Waals surface area contributed by atoms with Gasteiger partial charge in [-0.15, -0.1) is 0 Å². The first kappa shape index (κ1) is 10.9. The van der Waals surface area contributed by atoms with Gasteiger partial charge in [-0.1, -0.05) is 11.6 Å². The quantitative estimate of drug-likeness (QED) is 0.781. The number of aromatic nitrogens is 2. The second-order valence-corrected chi connectivity index (χ2v) is 4.89. The molecule has 15 heavy (non-hydrogen) atoms. The van der Waals surface area contributed by atoms with E-state index in [9.17, 15) is 0 Å². The third kappa shape index (κ3) is 2.17. The molecule has 2 rings (SSSR count). The Balaban J connectivity index is 2.68.